The van der Waals surface area contributed by atoms with E-state index in [-0.39, 0.29) is 0 Å². The van der Waals surface area contributed by atoms with Crippen LogP contribution in [0.15, 0.2) is 28.9 Å². The second-order valence-corrected chi connectivity index (χ2v) is 4.53. The van der Waals surface area contributed by atoms with E-state index in [0.717, 1.165) is 11.4 Å². The van der Waals surface area contributed by atoms with Crippen LogP contribution in [0.3, 0.4) is 0 Å². The Kier molecular flexibility index (Phi) is 2.33. The number of fused-ring (bicyclic) bond motifs is 1. The molecule has 0 spiro atoms. The number of allylic oxidation sites excluding steroid dienone is 2. The number of aliphatic hydroxyl groups is 1. The Labute approximate surface area is 92.3 Å². The monoisotopic (exact) mass is 232 g/mol. The highest BCUT2D eigenvalue weighted by Crippen LogP contribution is 2.31. The van der Waals surface area contributed by atoms with E-state index in [9.17, 15) is 5.11 Å². The first-order valence-corrected chi connectivity index (χ1v) is 5.13. The fourth-order valence-corrected chi connectivity index (χ4v) is 1.77. The van der Waals surface area contributed by atoms with E-state index < -0.39 is 10.6 Å². The third kappa shape index (κ3) is 1.45. The van der Waals surface area contributed by atoms with Gasteiger partial charge in [0.1, 0.15) is 5.84 Å². The molecule has 1 N–H and O–H groups in total. The van der Waals surface area contributed by atoms with Crippen LogP contribution in [0, 0.1) is 0 Å². The summed E-state index contributed by atoms with van der Waals surface area (Å²) in [4.78, 5) is 5.06. The van der Waals surface area contributed by atoms with Gasteiger partial charge in [0.15, 0.2) is 4.84 Å². The smallest absolute Gasteiger partial charge is 0.206 e. The van der Waals surface area contributed by atoms with Crippen molar-refractivity contribution in [3.05, 3.63) is 23.9 Å². The minimum absolute atomic E-state index is 0.307. The van der Waals surface area contributed by atoms with Crippen molar-refractivity contribution in [2.75, 3.05) is 6.54 Å². The topological polar surface area (TPSA) is 35.8 Å². The van der Waals surface area contributed by atoms with Crippen LogP contribution in [0.25, 0.3) is 0 Å². The number of hydrogen-bond donors (Lipinski definition) is 1. The minimum atomic E-state index is -1.39. The summed E-state index contributed by atoms with van der Waals surface area (Å²) in [5.41, 5.74) is -0.389. The van der Waals surface area contributed by atoms with Crippen molar-refractivity contribution in [1.82, 2.24) is 4.90 Å². The summed E-state index contributed by atoms with van der Waals surface area (Å²) in [7, 11) is 0. The number of aliphatic imine (C=N–C) groups is 1. The van der Waals surface area contributed by atoms with Crippen molar-refractivity contribution < 1.29 is 5.11 Å². The van der Waals surface area contributed by atoms with E-state index in [1.165, 1.54) is 0 Å². The number of halogens is 2. The Hall–Kier alpha value is -0.510. The van der Waals surface area contributed by atoms with Crippen LogP contribution in [0.4, 0.5) is 0 Å². The van der Waals surface area contributed by atoms with Crippen LogP contribution in [0.2, 0.25) is 0 Å². The highest BCUT2D eigenvalue weighted by atomic mass is 35.5. The van der Waals surface area contributed by atoms with Gasteiger partial charge in [0.2, 0.25) is 5.72 Å². The molecule has 0 aromatic carbocycles. The number of alkyl halides is 2. The quantitative estimate of drug-likeness (QED) is 0.699. The molecule has 0 saturated heterocycles. The van der Waals surface area contributed by atoms with E-state index >= 15 is 0 Å². The van der Waals surface area contributed by atoms with Gasteiger partial charge in [0.25, 0.3) is 0 Å². The lowest BCUT2D eigenvalue weighted by Crippen LogP contribution is -2.39. The van der Waals surface area contributed by atoms with Crippen molar-refractivity contribution in [2.24, 2.45) is 4.99 Å². The molecule has 0 aromatic rings. The molecule has 2 heterocycles. The standard InChI is InChI=1S/C9H10Cl2N2O/c1-6-3-2-4-13-5-9(14,8(10)11)12-7(6)13/h2-4,8,14H,5H2,1H3. The second-order valence-electron chi connectivity index (χ2n) is 3.43. The van der Waals surface area contributed by atoms with Gasteiger partial charge in [-0.1, -0.05) is 29.3 Å². The summed E-state index contributed by atoms with van der Waals surface area (Å²) in [5, 5.41) is 9.96. The predicted octanol–water partition coefficient (Wildman–Crippen LogP) is 1.67. The Morgan fingerprint density at radius 1 is 1.64 bits per heavy atom. The number of rotatable bonds is 1. The number of amidine groups is 1. The molecule has 2 aliphatic heterocycles. The normalized spacial score (nSPS) is 30.5. The third-order valence-corrected chi connectivity index (χ3v) is 2.99. The molecule has 2 aliphatic rings. The van der Waals surface area contributed by atoms with Crippen molar-refractivity contribution in [1.29, 1.82) is 0 Å². The molecule has 5 heteroatoms. The first-order chi connectivity index (χ1) is 6.53. The van der Waals surface area contributed by atoms with Gasteiger partial charge in [-0.25, -0.2) is 4.99 Å². The molecule has 0 aromatic heterocycles. The first-order valence-electron chi connectivity index (χ1n) is 4.25. The van der Waals surface area contributed by atoms with Crippen LogP contribution in [-0.2, 0) is 0 Å². The molecule has 14 heavy (non-hydrogen) atoms. The highest BCUT2D eigenvalue weighted by molar-refractivity contribution is 6.45. The van der Waals surface area contributed by atoms with Gasteiger partial charge in [-0.15, -0.1) is 0 Å². The third-order valence-electron chi connectivity index (χ3n) is 2.29. The molecule has 3 nitrogen and oxygen atoms in total. The van der Waals surface area contributed by atoms with Gasteiger partial charge in [0, 0.05) is 6.20 Å². The number of hydrogen-bond acceptors (Lipinski definition) is 3. The zero-order valence-corrected chi connectivity index (χ0v) is 9.13. The molecule has 0 amide bonds. The van der Waals surface area contributed by atoms with Gasteiger partial charge in [-0.3, -0.25) is 0 Å². The lowest BCUT2D eigenvalue weighted by Gasteiger charge is -2.22. The van der Waals surface area contributed by atoms with Crippen LogP contribution >= 0.6 is 23.2 Å². The van der Waals surface area contributed by atoms with E-state index in [2.05, 4.69) is 4.99 Å². The summed E-state index contributed by atoms with van der Waals surface area (Å²) in [6.07, 6.45) is 5.68. The lowest BCUT2D eigenvalue weighted by atomic mass is 10.2. The summed E-state index contributed by atoms with van der Waals surface area (Å²) < 4.78 is 0. The molecular weight excluding hydrogens is 223 g/mol. The average molecular weight is 233 g/mol. The van der Waals surface area contributed by atoms with Crippen LogP contribution in [-0.4, -0.2) is 32.9 Å². The SMILES string of the molecule is CC1=CC=CN2CC(O)(C(Cl)Cl)N=C12. The molecule has 0 saturated carbocycles. The van der Waals surface area contributed by atoms with E-state index in [4.69, 9.17) is 23.2 Å². The van der Waals surface area contributed by atoms with Crippen molar-refractivity contribution in [3.63, 3.8) is 0 Å². The van der Waals surface area contributed by atoms with Crippen molar-refractivity contribution in [3.8, 4) is 0 Å². The van der Waals surface area contributed by atoms with E-state index in [1.807, 2.05) is 30.2 Å². The van der Waals surface area contributed by atoms with E-state index in [1.54, 1.807) is 0 Å². The summed E-state index contributed by atoms with van der Waals surface area (Å²) >= 11 is 11.4. The highest BCUT2D eigenvalue weighted by Gasteiger charge is 2.42. The maximum absolute atomic E-state index is 9.96. The zero-order chi connectivity index (χ0) is 10.3. The molecule has 0 fully saturated rings. The zero-order valence-electron chi connectivity index (χ0n) is 7.61. The molecule has 0 bridgehead atoms. The molecule has 1 unspecified atom stereocenters. The van der Waals surface area contributed by atoms with Crippen LogP contribution in [0.1, 0.15) is 6.92 Å². The van der Waals surface area contributed by atoms with Gasteiger partial charge >= 0.3 is 0 Å². The first kappa shape index (κ1) is 10.0. The van der Waals surface area contributed by atoms with Crippen LogP contribution < -0.4 is 0 Å². The minimum Gasteiger partial charge on any atom is -0.366 e. The van der Waals surface area contributed by atoms with E-state index in [0.29, 0.717) is 6.54 Å². The Morgan fingerprint density at radius 2 is 2.36 bits per heavy atom. The maximum Gasteiger partial charge on any atom is 0.206 e. The Morgan fingerprint density at radius 3 is 2.93 bits per heavy atom. The molecule has 0 aliphatic carbocycles. The van der Waals surface area contributed by atoms with Gasteiger partial charge in [-0.2, -0.15) is 0 Å². The lowest BCUT2D eigenvalue weighted by molar-refractivity contribution is 0.0648. The molecule has 2 rings (SSSR count). The average Bonchev–Trinajstić information content (AvgIpc) is 2.45. The molecule has 0 radical (unpaired) electrons. The largest absolute Gasteiger partial charge is 0.366 e. The summed E-state index contributed by atoms with van der Waals surface area (Å²) in [6, 6.07) is 0. The van der Waals surface area contributed by atoms with Crippen LogP contribution in [0.5, 0.6) is 0 Å². The summed E-state index contributed by atoms with van der Waals surface area (Å²) in [5.74, 6) is 0.737. The molecule has 76 valence electrons. The fourth-order valence-electron chi connectivity index (χ4n) is 1.53. The second kappa shape index (κ2) is 3.26. The van der Waals surface area contributed by atoms with Gasteiger partial charge in [0.05, 0.1) is 6.54 Å². The van der Waals surface area contributed by atoms with Gasteiger partial charge < -0.3 is 10.0 Å². The maximum atomic E-state index is 9.96. The predicted molar refractivity (Wildman–Crippen MR) is 57.5 cm³/mol. The van der Waals surface area contributed by atoms with Crippen molar-refractivity contribution >= 4 is 29.0 Å². The van der Waals surface area contributed by atoms with Crippen molar-refractivity contribution in [2.45, 2.75) is 17.5 Å². The molecule has 1 atom stereocenters. The molecular formula is C9H10Cl2N2O. The Bertz CT molecular complexity index is 349. The van der Waals surface area contributed by atoms with Gasteiger partial charge in [-0.05, 0) is 18.6 Å². The summed E-state index contributed by atoms with van der Waals surface area (Å²) in [6.45, 7) is 2.24. The fraction of sp³-hybridized carbons (Fsp3) is 0.444. The number of nitrogens with zero attached hydrogens (tertiary/aromatic N) is 2. The Balaban J connectivity index is 2.35.